The molecule has 1 aliphatic heterocycles. The number of hydrogen-bond donors (Lipinski definition) is 1. The first-order valence-electron chi connectivity index (χ1n) is 8.50. The van der Waals surface area contributed by atoms with E-state index in [9.17, 15) is 4.79 Å². The third kappa shape index (κ3) is 3.20. The largest absolute Gasteiger partial charge is 0.370 e. The molecule has 2 aromatic heterocycles. The van der Waals surface area contributed by atoms with Crippen LogP contribution in [-0.4, -0.2) is 28.4 Å². The zero-order chi connectivity index (χ0) is 17.2. The summed E-state index contributed by atoms with van der Waals surface area (Å²) in [6.45, 7) is 2.11. The second-order valence-electron chi connectivity index (χ2n) is 6.24. The standard InChI is InChI=1S/C19H19ClN4O/c20-15-6-2-3-7-16(15)22-19(25)17-12-21-18-9-8-14(13-24(17)18)23-10-4-1-5-11-23/h2-3,6-9,12-13H,1,4-5,10-11H2,(H,22,25). The number of piperidine rings is 1. The summed E-state index contributed by atoms with van der Waals surface area (Å²) in [6.07, 6.45) is 7.30. The molecule has 3 heterocycles. The zero-order valence-electron chi connectivity index (χ0n) is 13.8. The monoisotopic (exact) mass is 354 g/mol. The first-order chi connectivity index (χ1) is 12.2. The molecule has 1 aromatic carbocycles. The van der Waals surface area contributed by atoms with E-state index in [-0.39, 0.29) is 5.91 Å². The van der Waals surface area contributed by atoms with Crippen LogP contribution in [0.3, 0.4) is 0 Å². The minimum atomic E-state index is -0.226. The van der Waals surface area contributed by atoms with Crippen molar-refractivity contribution in [2.75, 3.05) is 23.3 Å². The first-order valence-corrected chi connectivity index (χ1v) is 8.88. The third-order valence-corrected chi connectivity index (χ3v) is 4.90. The normalized spacial score (nSPS) is 14.7. The number of nitrogens with one attached hydrogen (secondary N) is 1. The average molecular weight is 355 g/mol. The summed E-state index contributed by atoms with van der Waals surface area (Å²) in [5.74, 6) is -0.226. The van der Waals surface area contributed by atoms with E-state index in [1.54, 1.807) is 18.3 Å². The van der Waals surface area contributed by atoms with Crippen molar-refractivity contribution in [3.63, 3.8) is 0 Å². The molecule has 5 nitrogen and oxygen atoms in total. The van der Waals surface area contributed by atoms with E-state index < -0.39 is 0 Å². The fourth-order valence-electron chi connectivity index (χ4n) is 3.23. The number of benzene rings is 1. The van der Waals surface area contributed by atoms with Gasteiger partial charge in [-0.1, -0.05) is 23.7 Å². The minimum Gasteiger partial charge on any atom is -0.370 e. The number of aromatic nitrogens is 2. The maximum absolute atomic E-state index is 12.7. The van der Waals surface area contributed by atoms with E-state index in [1.807, 2.05) is 28.8 Å². The number of fused-ring (bicyclic) bond motifs is 1. The molecule has 25 heavy (non-hydrogen) atoms. The van der Waals surface area contributed by atoms with Crippen LogP contribution in [0.2, 0.25) is 5.02 Å². The molecule has 1 fully saturated rings. The average Bonchev–Trinajstić information content (AvgIpc) is 3.07. The Kier molecular flexibility index (Phi) is 4.32. The van der Waals surface area contributed by atoms with Gasteiger partial charge in [-0.2, -0.15) is 0 Å². The van der Waals surface area contributed by atoms with Crippen molar-refractivity contribution in [3.8, 4) is 0 Å². The highest BCUT2D eigenvalue weighted by Crippen LogP contribution is 2.23. The molecule has 0 spiro atoms. The summed E-state index contributed by atoms with van der Waals surface area (Å²) in [5, 5.41) is 3.37. The van der Waals surface area contributed by atoms with Crippen molar-refractivity contribution < 1.29 is 4.79 Å². The van der Waals surface area contributed by atoms with Gasteiger partial charge in [-0.25, -0.2) is 4.98 Å². The van der Waals surface area contributed by atoms with Crippen molar-refractivity contribution in [2.24, 2.45) is 0 Å². The fraction of sp³-hybridized carbons (Fsp3) is 0.263. The molecule has 1 aliphatic rings. The van der Waals surface area contributed by atoms with Gasteiger partial charge in [0.2, 0.25) is 0 Å². The summed E-state index contributed by atoms with van der Waals surface area (Å²) in [6, 6.07) is 11.2. The van der Waals surface area contributed by atoms with Crippen LogP contribution in [0.5, 0.6) is 0 Å². The molecule has 1 amide bonds. The van der Waals surface area contributed by atoms with E-state index >= 15 is 0 Å². The van der Waals surface area contributed by atoms with Crippen molar-refractivity contribution >= 4 is 34.5 Å². The Morgan fingerprint density at radius 1 is 1.08 bits per heavy atom. The van der Waals surface area contributed by atoms with Gasteiger partial charge in [0, 0.05) is 19.3 Å². The quantitative estimate of drug-likeness (QED) is 0.765. The van der Waals surface area contributed by atoms with Crippen LogP contribution >= 0.6 is 11.6 Å². The molecule has 4 rings (SSSR count). The molecule has 0 aliphatic carbocycles. The van der Waals surface area contributed by atoms with Crippen molar-refractivity contribution in [1.29, 1.82) is 0 Å². The number of amides is 1. The van der Waals surface area contributed by atoms with Crippen molar-refractivity contribution in [2.45, 2.75) is 19.3 Å². The Morgan fingerprint density at radius 2 is 1.88 bits per heavy atom. The number of hydrogen-bond acceptors (Lipinski definition) is 3. The molecule has 128 valence electrons. The van der Waals surface area contributed by atoms with E-state index in [2.05, 4.69) is 21.3 Å². The van der Waals surface area contributed by atoms with Gasteiger partial charge in [0.05, 0.1) is 22.6 Å². The summed E-state index contributed by atoms with van der Waals surface area (Å²) in [5.41, 5.74) is 2.96. The van der Waals surface area contributed by atoms with Gasteiger partial charge in [0.15, 0.2) is 0 Å². The van der Waals surface area contributed by atoms with Crippen molar-refractivity contribution in [1.82, 2.24) is 9.38 Å². The third-order valence-electron chi connectivity index (χ3n) is 4.57. The molecule has 6 heteroatoms. The fourth-order valence-corrected chi connectivity index (χ4v) is 3.41. The van der Waals surface area contributed by atoms with Gasteiger partial charge in [-0.15, -0.1) is 0 Å². The highest BCUT2D eigenvalue weighted by Gasteiger charge is 2.16. The Morgan fingerprint density at radius 3 is 2.68 bits per heavy atom. The lowest BCUT2D eigenvalue weighted by atomic mass is 10.1. The molecule has 1 N–H and O–H groups in total. The predicted molar refractivity (Wildman–Crippen MR) is 101 cm³/mol. The van der Waals surface area contributed by atoms with Gasteiger partial charge in [0.25, 0.3) is 5.91 Å². The van der Waals surface area contributed by atoms with Gasteiger partial charge in [-0.05, 0) is 43.5 Å². The summed E-state index contributed by atoms with van der Waals surface area (Å²) in [4.78, 5) is 19.4. The molecular weight excluding hydrogens is 336 g/mol. The number of carbonyl (C=O) groups is 1. The predicted octanol–water partition coefficient (Wildman–Crippen LogP) is 4.23. The topological polar surface area (TPSA) is 49.6 Å². The number of para-hydroxylation sites is 1. The van der Waals surface area contributed by atoms with Crippen LogP contribution in [0.15, 0.2) is 48.8 Å². The zero-order valence-corrected chi connectivity index (χ0v) is 14.5. The molecular formula is C19H19ClN4O. The Hall–Kier alpha value is -2.53. The lowest BCUT2D eigenvalue weighted by molar-refractivity contribution is 0.102. The number of anilines is 2. The molecule has 3 aromatic rings. The Labute approximate surface area is 151 Å². The highest BCUT2D eigenvalue weighted by molar-refractivity contribution is 6.33. The molecule has 0 radical (unpaired) electrons. The van der Waals surface area contributed by atoms with E-state index in [0.717, 1.165) is 24.4 Å². The van der Waals surface area contributed by atoms with Crippen LogP contribution in [0.25, 0.3) is 5.65 Å². The highest BCUT2D eigenvalue weighted by atomic mass is 35.5. The minimum absolute atomic E-state index is 0.226. The second kappa shape index (κ2) is 6.76. The number of rotatable bonds is 3. The maximum atomic E-state index is 12.7. The number of imidazole rings is 1. The molecule has 0 saturated carbocycles. The second-order valence-corrected chi connectivity index (χ2v) is 6.65. The van der Waals surface area contributed by atoms with Gasteiger partial charge < -0.3 is 10.2 Å². The Balaban J connectivity index is 1.65. The van der Waals surface area contributed by atoms with Crippen LogP contribution < -0.4 is 10.2 Å². The van der Waals surface area contributed by atoms with E-state index in [1.165, 1.54) is 19.3 Å². The Bertz CT molecular complexity index is 915. The van der Waals surface area contributed by atoms with Gasteiger partial charge in [0.1, 0.15) is 11.3 Å². The summed E-state index contributed by atoms with van der Waals surface area (Å²) >= 11 is 6.13. The van der Waals surface area contributed by atoms with E-state index in [0.29, 0.717) is 16.4 Å². The van der Waals surface area contributed by atoms with Crippen LogP contribution in [-0.2, 0) is 0 Å². The lowest BCUT2D eigenvalue weighted by Gasteiger charge is -2.28. The SMILES string of the molecule is O=C(Nc1ccccc1Cl)c1cnc2ccc(N3CCCCC3)cn12. The van der Waals surface area contributed by atoms with Crippen LogP contribution in [0, 0.1) is 0 Å². The summed E-state index contributed by atoms with van der Waals surface area (Å²) < 4.78 is 1.84. The molecule has 1 saturated heterocycles. The first kappa shape index (κ1) is 16.0. The van der Waals surface area contributed by atoms with Crippen LogP contribution in [0.1, 0.15) is 29.8 Å². The van der Waals surface area contributed by atoms with Gasteiger partial charge >= 0.3 is 0 Å². The molecule has 0 bridgehead atoms. The molecule has 0 unspecified atom stereocenters. The smallest absolute Gasteiger partial charge is 0.274 e. The number of carbonyl (C=O) groups excluding carboxylic acids is 1. The number of halogens is 1. The maximum Gasteiger partial charge on any atom is 0.274 e. The number of nitrogens with zero attached hydrogens (tertiary/aromatic N) is 3. The van der Waals surface area contributed by atoms with Crippen LogP contribution in [0.4, 0.5) is 11.4 Å². The molecule has 0 atom stereocenters. The van der Waals surface area contributed by atoms with Crippen molar-refractivity contribution in [3.05, 3.63) is 59.5 Å². The number of pyridine rings is 1. The lowest BCUT2D eigenvalue weighted by Crippen LogP contribution is -2.29. The summed E-state index contributed by atoms with van der Waals surface area (Å²) in [7, 11) is 0. The van der Waals surface area contributed by atoms with Gasteiger partial charge in [-0.3, -0.25) is 9.20 Å². The van der Waals surface area contributed by atoms with E-state index in [4.69, 9.17) is 11.6 Å².